The molecule has 112 valence electrons. The summed E-state index contributed by atoms with van der Waals surface area (Å²) in [6, 6.07) is 11.2. The molecular weight excluding hydrogens is 277 g/mol. The molecule has 2 aromatic carbocycles. The van der Waals surface area contributed by atoms with Gasteiger partial charge in [0.2, 0.25) is 0 Å². The molecule has 1 aromatic heterocycles. The van der Waals surface area contributed by atoms with E-state index in [0.717, 1.165) is 23.1 Å². The highest BCUT2D eigenvalue weighted by atomic mass is 19.1. The zero-order chi connectivity index (χ0) is 15.5. The summed E-state index contributed by atoms with van der Waals surface area (Å²) in [5, 5.41) is 0.990. The van der Waals surface area contributed by atoms with E-state index in [1.807, 2.05) is 12.1 Å². The molecule has 0 atom stereocenters. The van der Waals surface area contributed by atoms with Crippen molar-refractivity contribution in [1.82, 2.24) is 4.98 Å². The lowest BCUT2D eigenvalue weighted by Crippen LogP contribution is -2.27. The molecule has 1 aliphatic carbocycles. The number of rotatable bonds is 1. The topological polar surface area (TPSA) is 25.0 Å². The van der Waals surface area contributed by atoms with Gasteiger partial charge in [-0.25, -0.2) is 4.39 Å². The number of fused-ring (bicyclic) bond motifs is 4. The van der Waals surface area contributed by atoms with Crippen molar-refractivity contribution in [2.24, 2.45) is 0 Å². The van der Waals surface area contributed by atoms with E-state index in [2.05, 4.69) is 31.0 Å². The molecule has 1 N–H and O–H groups in total. The molecule has 0 saturated heterocycles. The van der Waals surface area contributed by atoms with E-state index >= 15 is 0 Å². The van der Waals surface area contributed by atoms with Gasteiger partial charge in [-0.15, -0.1) is 0 Å². The van der Waals surface area contributed by atoms with Crippen LogP contribution in [-0.2, 0) is 11.8 Å². The average Bonchev–Trinajstić information content (AvgIpc) is 2.86. The van der Waals surface area contributed by atoms with Gasteiger partial charge in [0.15, 0.2) is 0 Å². The van der Waals surface area contributed by atoms with Crippen LogP contribution >= 0.6 is 0 Å². The van der Waals surface area contributed by atoms with Crippen LogP contribution in [0.3, 0.4) is 0 Å². The second-order valence-corrected chi connectivity index (χ2v) is 6.49. The fraction of sp³-hybridized carbons (Fsp3) is 0.263. The van der Waals surface area contributed by atoms with Gasteiger partial charge < -0.3 is 9.72 Å². The molecule has 1 heterocycles. The van der Waals surface area contributed by atoms with Gasteiger partial charge in [-0.2, -0.15) is 0 Å². The molecule has 0 spiro atoms. The van der Waals surface area contributed by atoms with Crippen molar-refractivity contribution >= 4 is 10.9 Å². The van der Waals surface area contributed by atoms with Gasteiger partial charge in [0, 0.05) is 28.4 Å². The van der Waals surface area contributed by atoms with Crippen LogP contribution in [0.15, 0.2) is 36.4 Å². The van der Waals surface area contributed by atoms with E-state index in [-0.39, 0.29) is 11.2 Å². The molecule has 0 saturated carbocycles. The zero-order valence-corrected chi connectivity index (χ0v) is 13.0. The molecule has 3 aromatic rings. The molecule has 0 fully saturated rings. The molecule has 0 unspecified atom stereocenters. The molecule has 3 heteroatoms. The number of methoxy groups -OCH3 is 1. The lowest BCUT2D eigenvalue weighted by atomic mass is 9.72. The first-order valence-electron chi connectivity index (χ1n) is 7.48. The monoisotopic (exact) mass is 295 g/mol. The lowest BCUT2D eigenvalue weighted by Gasteiger charge is -2.33. The minimum atomic E-state index is -0.187. The van der Waals surface area contributed by atoms with E-state index in [1.54, 1.807) is 13.2 Å². The first kappa shape index (κ1) is 13.4. The third kappa shape index (κ3) is 1.71. The van der Waals surface area contributed by atoms with E-state index in [9.17, 15) is 4.39 Å². The van der Waals surface area contributed by atoms with Gasteiger partial charge in [-0.1, -0.05) is 19.9 Å². The van der Waals surface area contributed by atoms with Crippen LogP contribution < -0.4 is 4.74 Å². The molecular formula is C19H18FNO. The average molecular weight is 295 g/mol. The normalized spacial score (nSPS) is 15.5. The molecule has 22 heavy (non-hydrogen) atoms. The summed E-state index contributed by atoms with van der Waals surface area (Å²) in [6.07, 6.45) is 0.821. The van der Waals surface area contributed by atoms with Crippen LogP contribution in [0.25, 0.3) is 10.9 Å². The SMILES string of the molecule is COc1ccc2c(c1)C(C)(C)c1[nH]c3ccc(F)cc3c1C2. The number of hydrogen-bond donors (Lipinski definition) is 1. The van der Waals surface area contributed by atoms with Gasteiger partial charge in [0.05, 0.1) is 7.11 Å². The summed E-state index contributed by atoms with van der Waals surface area (Å²) in [6.45, 7) is 4.41. The fourth-order valence-electron chi connectivity index (χ4n) is 3.68. The summed E-state index contributed by atoms with van der Waals surface area (Å²) >= 11 is 0. The van der Waals surface area contributed by atoms with Crippen LogP contribution in [0.2, 0.25) is 0 Å². The molecule has 0 aliphatic heterocycles. The summed E-state index contributed by atoms with van der Waals surface area (Å²) in [5.41, 5.74) is 5.77. The third-order valence-corrected chi connectivity index (χ3v) is 4.85. The van der Waals surface area contributed by atoms with Gasteiger partial charge in [0.25, 0.3) is 0 Å². The Kier molecular flexibility index (Phi) is 2.65. The van der Waals surface area contributed by atoms with Crippen molar-refractivity contribution < 1.29 is 9.13 Å². The van der Waals surface area contributed by atoms with Crippen molar-refractivity contribution in [3.63, 3.8) is 0 Å². The van der Waals surface area contributed by atoms with Crippen LogP contribution in [0.1, 0.15) is 36.2 Å². The van der Waals surface area contributed by atoms with Gasteiger partial charge in [-0.05, 0) is 47.0 Å². The number of halogens is 1. The molecule has 0 amide bonds. The zero-order valence-electron chi connectivity index (χ0n) is 13.0. The van der Waals surface area contributed by atoms with Crippen LogP contribution in [0.4, 0.5) is 4.39 Å². The Morgan fingerprint density at radius 3 is 2.73 bits per heavy atom. The molecule has 1 aliphatic rings. The van der Waals surface area contributed by atoms with E-state index in [4.69, 9.17) is 4.74 Å². The lowest BCUT2D eigenvalue weighted by molar-refractivity contribution is 0.412. The van der Waals surface area contributed by atoms with Crippen molar-refractivity contribution in [2.45, 2.75) is 25.7 Å². The van der Waals surface area contributed by atoms with E-state index in [1.165, 1.54) is 28.5 Å². The van der Waals surface area contributed by atoms with Crippen molar-refractivity contribution in [1.29, 1.82) is 0 Å². The van der Waals surface area contributed by atoms with Gasteiger partial charge in [0.1, 0.15) is 11.6 Å². The largest absolute Gasteiger partial charge is 0.497 e. The summed E-state index contributed by atoms with van der Waals surface area (Å²) < 4.78 is 19.0. The highest BCUT2D eigenvalue weighted by molar-refractivity contribution is 5.86. The second kappa shape index (κ2) is 4.35. The van der Waals surface area contributed by atoms with Gasteiger partial charge in [-0.3, -0.25) is 0 Å². The Bertz CT molecular complexity index is 892. The molecule has 4 rings (SSSR count). The minimum Gasteiger partial charge on any atom is -0.497 e. The Hall–Kier alpha value is -2.29. The minimum absolute atomic E-state index is 0.160. The number of aromatic amines is 1. The Morgan fingerprint density at radius 2 is 1.95 bits per heavy atom. The maximum atomic E-state index is 13.6. The fourth-order valence-corrected chi connectivity index (χ4v) is 3.68. The maximum Gasteiger partial charge on any atom is 0.123 e. The van der Waals surface area contributed by atoms with Crippen molar-refractivity contribution in [3.05, 3.63) is 64.6 Å². The maximum absolute atomic E-state index is 13.6. The first-order chi connectivity index (χ1) is 10.5. The number of benzene rings is 2. The predicted octanol–water partition coefficient (Wildman–Crippen LogP) is 4.55. The highest BCUT2D eigenvalue weighted by Crippen LogP contribution is 2.44. The smallest absolute Gasteiger partial charge is 0.123 e. The molecule has 0 radical (unpaired) electrons. The summed E-state index contributed by atoms with van der Waals surface area (Å²) in [7, 11) is 1.69. The summed E-state index contributed by atoms with van der Waals surface area (Å²) in [5.74, 6) is 0.685. The predicted molar refractivity (Wildman–Crippen MR) is 86.2 cm³/mol. The summed E-state index contributed by atoms with van der Waals surface area (Å²) in [4.78, 5) is 3.50. The van der Waals surface area contributed by atoms with E-state index < -0.39 is 0 Å². The van der Waals surface area contributed by atoms with Crippen LogP contribution in [0.5, 0.6) is 5.75 Å². The van der Waals surface area contributed by atoms with Crippen LogP contribution in [-0.4, -0.2) is 12.1 Å². The number of aromatic nitrogens is 1. The number of ether oxygens (including phenoxy) is 1. The molecule has 0 bridgehead atoms. The Balaban J connectivity index is 2.00. The number of H-pyrrole nitrogens is 1. The van der Waals surface area contributed by atoms with Gasteiger partial charge >= 0.3 is 0 Å². The van der Waals surface area contributed by atoms with Crippen molar-refractivity contribution in [3.8, 4) is 5.75 Å². The standard InChI is InChI=1S/C19H18FNO/c1-19(2)16-10-13(22-3)6-4-11(16)8-15-14-9-12(20)5-7-17(14)21-18(15)19/h4-7,9-10,21H,8H2,1-3H3. The highest BCUT2D eigenvalue weighted by Gasteiger charge is 2.35. The Labute approximate surface area is 128 Å². The second-order valence-electron chi connectivity index (χ2n) is 6.49. The van der Waals surface area contributed by atoms with Crippen molar-refractivity contribution in [2.75, 3.05) is 7.11 Å². The Morgan fingerprint density at radius 1 is 1.14 bits per heavy atom. The quantitative estimate of drug-likeness (QED) is 0.700. The number of hydrogen-bond acceptors (Lipinski definition) is 1. The first-order valence-corrected chi connectivity index (χ1v) is 7.48. The van der Waals surface area contributed by atoms with Crippen LogP contribution in [0, 0.1) is 5.82 Å². The molecule has 2 nitrogen and oxygen atoms in total. The number of nitrogens with one attached hydrogen (secondary N) is 1. The third-order valence-electron chi connectivity index (χ3n) is 4.85. The van der Waals surface area contributed by atoms with E-state index in [0.29, 0.717) is 0 Å².